The largest absolute Gasteiger partial charge is 0.383 e. The van der Waals surface area contributed by atoms with Crippen molar-refractivity contribution < 1.29 is 24.2 Å². The summed E-state index contributed by atoms with van der Waals surface area (Å²) in [7, 11) is 0. The quantitative estimate of drug-likeness (QED) is 0.314. The summed E-state index contributed by atoms with van der Waals surface area (Å²) in [5, 5.41) is 15.0. The number of hydrogen-bond acceptors (Lipinski definition) is 5. The van der Waals surface area contributed by atoms with Crippen molar-refractivity contribution in [2.75, 3.05) is 26.3 Å². The minimum absolute atomic E-state index is 0.0966. The predicted molar refractivity (Wildman–Crippen MR) is 106 cm³/mol. The monoisotopic (exact) mass is 382 g/mol. The summed E-state index contributed by atoms with van der Waals surface area (Å²) in [6.07, 6.45) is 3.78. The summed E-state index contributed by atoms with van der Waals surface area (Å²) in [6.45, 7) is 15.5. The van der Waals surface area contributed by atoms with Gasteiger partial charge in [0.05, 0.1) is 6.61 Å². The van der Waals surface area contributed by atoms with Crippen LogP contribution in [-0.4, -0.2) is 55.1 Å². The first-order valence-electron chi connectivity index (χ1n) is 9.05. The van der Waals surface area contributed by atoms with Gasteiger partial charge in [-0.05, 0) is 31.8 Å². The lowest BCUT2D eigenvalue weighted by atomic mass is 10.2. The molecule has 0 saturated carbocycles. The second-order valence-corrected chi connectivity index (χ2v) is 6.95. The number of ether oxygens (including phenoxy) is 2. The van der Waals surface area contributed by atoms with E-state index in [1.165, 1.54) is 0 Å². The lowest BCUT2D eigenvalue weighted by molar-refractivity contribution is -0.217. The fraction of sp³-hybridized carbons (Fsp3) is 0.600. The van der Waals surface area contributed by atoms with Crippen LogP contribution >= 0.6 is 0 Å². The molecule has 7 heteroatoms. The lowest BCUT2D eigenvalue weighted by Crippen LogP contribution is -2.39. The molecule has 0 rings (SSSR count). The van der Waals surface area contributed by atoms with Crippen molar-refractivity contribution in [1.29, 1.82) is 0 Å². The van der Waals surface area contributed by atoms with Gasteiger partial charge in [0.1, 0.15) is 12.7 Å². The molecule has 0 aliphatic heterocycles. The van der Waals surface area contributed by atoms with Crippen molar-refractivity contribution in [3.63, 3.8) is 0 Å². The highest BCUT2D eigenvalue weighted by Crippen LogP contribution is 2.12. The van der Waals surface area contributed by atoms with E-state index in [2.05, 4.69) is 23.8 Å². The normalized spacial score (nSPS) is 13.2. The van der Waals surface area contributed by atoms with Crippen LogP contribution in [0.25, 0.3) is 0 Å². The van der Waals surface area contributed by atoms with Gasteiger partial charge in [-0.15, -0.1) is 0 Å². The first-order valence-corrected chi connectivity index (χ1v) is 9.05. The van der Waals surface area contributed by atoms with Gasteiger partial charge in [0, 0.05) is 13.1 Å². The van der Waals surface area contributed by atoms with Crippen LogP contribution in [0.4, 0.5) is 0 Å². The molecule has 1 atom stereocenters. The number of hydrogen-bond donors (Lipinski definition) is 3. The Morgan fingerprint density at radius 2 is 1.85 bits per heavy atom. The Hall–Kier alpha value is -1.96. The van der Waals surface area contributed by atoms with Crippen molar-refractivity contribution in [3.8, 4) is 0 Å². The van der Waals surface area contributed by atoms with Crippen LogP contribution in [0.1, 0.15) is 34.1 Å². The minimum Gasteiger partial charge on any atom is -0.383 e. The van der Waals surface area contributed by atoms with Crippen LogP contribution in [0, 0.1) is 5.92 Å². The number of aliphatic hydroxyl groups is 1. The Bertz CT molecular complexity index is 526. The van der Waals surface area contributed by atoms with E-state index in [0.29, 0.717) is 12.5 Å². The first-order chi connectivity index (χ1) is 12.6. The van der Waals surface area contributed by atoms with Crippen molar-refractivity contribution in [3.05, 3.63) is 37.0 Å². The van der Waals surface area contributed by atoms with E-state index in [0.717, 1.165) is 5.57 Å². The Labute approximate surface area is 162 Å². The highest BCUT2D eigenvalue weighted by Gasteiger charge is 2.21. The van der Waals surface area contributed by atoms with Gasteiger partial charge in [-0.25, -0.2) is 0 Å². The molecule has 154 valence electrons. The number of rotatable bonds is 14. The number of nitrogens with one attached hydrogen (secondary N) is 2. The highest BCUT2D eigenvalue weighted by molar-refractivity contribution is 5.81. The number of amides is 2. The van der Waals surface area contributed by atoms with Crippen molar-refractivity contribution in [2.45, 2.75) is 46.0 Å². The topological polar surface area (TPSA) is 96.9 Å². The molecule has 0 heterocycles. The van der Waals surface area contributed by atoms with E-state index in [4.69, 9.17) is 9.47 Å². The van der Waals surface area contributed by atoms with Crippen LogP contribution in [0.2, 0.25) is 0 Å². The first kappa shape index (κ1) is 25.0. The summed E-state index contributed by atoms with van der Waals surface area (Å²) in [4.78, 5) is 23.6. The van der Waals surface area contributed by atoms with Gasteiger partial charge >= 0.3 is 0 Å². The highest BCUT2D eigenvalue weighted by atomic mass is 16.7. The van der Waals surface area contributed by atoms with Crippen LogP contribution < -0.4 is 10.6 Å². The predicted octanol–water partition coefficient (Wildman–Crippen LogP) is 1.69. The zero-order valence-electron chi connectivity index (χ0n) is 16.9. The van der Waals surface area contributed by atoms with Crippen LogP contribution in [0.15, 0.2) is 37.0 Å². The zero-order valence-corrected chi connectivity index (χ0v) is 16.9. The van der Waals surface area contributed by atoms with Crippen LogP contribution in [0.5, 0.6) is 0 Å². The third-order valence-corrected chi connectivity index (χ3v) is 3.42. The van der Waals surface area contributed by atoms with E-state index in [1.807, 2.05) is 13.8 Å². The number of allylic oxidation sites excluding steroid dienone is 2. The molecule has 0 aliphatic rings. The van der Waals surface area contributed by atoms with Crippen molar-refractivity contribution >= 4 is 11.8 Å². The Balaban J connectivity index is 4.08. The molecule has 0 aromatic heterocycles. The number of carbonyl (C=O) groups is 2. The zero-order chi connectivity index (χ0) is 20.9. The maximum atomic E-state index is 11.8. The van der Waals surface area contributed by atoms with E-state index in [1.54, 1.807) is 32.1 Å². The molecule has 0 radical (unpaired) electrons. The van der Waals surface area contributed by atoms with Crippen molar-refractivity contribution in [1.82, 2.24) is 10.6 Å². The van der Waals surface area contributed by atoms with E-state index in [-0.39, 0.29) is 32.0 Å². The second kappa shape index (κ2) is 13.2. The van der Waals surface area contributed by atoms with Gasteiger partial charge in [0.15, 0.2) is 5.79 Å². The molecule has 1 unspecified atom stereocenters. The third kappa shape index (κ3) is 12.9. The molecule has 0 bridgehead atoms. The molecule has 3 N–H and O–H groups in total. The molecular weight excluding hydrogens is 348 g/mol. The van der Waals surface area contributed by atoms with Gasteiger partial charge < -0.3 is 25.2 Å². The third-order valence-electron chi connectivity index (χ3n) is 3.42. The second-order valence-electron chi connectivity index (χ2n) is 6.95. The molecular formula is C20H34N2O5. The molecule has 7 nitrogen and oxygen atoms in total. The number of aliphatic hydroxyl groups excluding tert-OH is 1. The smallest absolute Gasteiger partial charge is 0.249 e. The minimum atomic E-state index is -1.22. The fourth-order valence-corrected chi connectivity index (χ4v) is 1.84. The fourth-order valence-electron chi connectivity index (χ4n) is 1.84. The molecule has 2 amide bonds. The average Bonchev–Trinajstić information content (AvgIpc) is 2.61. The molecule has 0 aromatic carbocycles. The van der Waals surface area contributed by atoms with E-state index in [9.17, 15) is 14.7 Å². The summed E-state index contributed by atoms with van der Waals surface area (Å²) in [5.41, 5.74) is 0.776. The van der Waals surface area contributed by atoms with Gasteiger partial charge in [-0.2, -0.15) is 0 Å². The van der Waals surface area contributed by atoms with Crippen molar-refractivity contribution in [2.24, 2.45) is 5.92 Å². The van der Waals surface area contributed by atoms with Gasteiger partial charge in [0.25, 0.3) is 0 Å². The van der Waals surface area contributed by atoms with Crippen LogP contribution in [-0.2, 0) is 19.1 Å². The Kier molecular flexibility index (Phi) is 12.3. The summed E-state index contributed by atoms with van der Waals surface area (Å²) < 4.78 is 11.0. The maximum Gasteiger partial charge on any atom is 0.249 e. The van der Waals surface area contributed by atoms with Gasteiger partial charge in [-0.1, -0.05) is 45.2 Å². The SMILES string of the molecule is C=CC=C(C=C)CNC(=O)C(O)CCNC(=O)COC(C)(C)OCC(C)C. The molecule has 0 aliphatic carbocycles. The number of carbonyl (C=O) groups excluding carboxylic acids is 2. The van der Waals surface area contributed by atoms with Crippen LogP contribution in [0.3, 0.4) is 0 Å². The molecule has 0 saturated heterocycles. The summed E-state index contributed by atoms with van der Waals surface area (Å²) >= 11 is 0. The molecule has 0 aromatic rings. The van der Waals surface area contributed by atoms with E-state index < -0.39 is 17.8 Å². The molecule has 27 heavy (non-hydrogen) atoms. The Morgan fingerprint density at radius 3 is 2.41 bits per heavy atom. The molecule has 0 fully saturated rings. The summed E-state index contributed by atoms with van der Waals surface area (Å²) in [6, 6.07) is 0. The van der Waals surface area contributed by atoms with Gasteiger partial charge in [0.2, 0.25) is 11.8 Å². The average molecular weight is 383 g/mol. The lowest BCUT2D eigenvalue weighted by Gasteiger charge is -2.26. The maximum absolute atomic E-state index is 11.8. The summed E-state index contributed by atoms with van der Waals surface area (Å²) in [5.74, 6) is -1.35. The Morgan fingerprint density at radius 1 is 1.19 bits per heavy atom. The standard InChI is InChI=1S/C20H34N2O5/c1-7-9-16(8-2)12-22-19(25)17(23)10-11-21-18(24)14-27-20(5,6)26-13-15(3)4/h7-9,15,17,23H,1-2,10-14H2,3-6H3,(H,21,24)(H,22,25). The van der Waals surface area contributed by atoms with Gasteiger partial charge in [-0.3, -0.25) is 9.59 Å². The molecule has 0 spiro atoms. The van der Waals surface area contributed by atoms with E-state index >= 15 is 0 Å².